The van der Waals surface area contributed by atoms with Crippen LogP contribution in [0.25, 0.3) is 0 Å². The number of amides is 1. The summed E-state index contributed by atoms with van der Waals surface area (Å²) in [6, 6.07) is 5.28. The summed E-state index contributed by atoms with van der Waals surface area (Å²) < 4.78 is 3.15. The van der Waals surface area contributed by atoms with Crippen LogP contribution in [0.1, 0.15) is 23.9 Å². The summed E-state index contributed by atoms with van der Waals surface area (Å²) in [5.74, 6) is -0.694. The Hall–Kier alpha value is -2.91. The maximum Gasteiger partial charge on any atom is 0.306 e. The number of rotatable bonds is 7. The number of carbonyl (C=O) groups excluding carboxylic acids is 1. The highest BCUT2D eigenvalue weighted by Gasteiger charge is 2.20. The highest BCUT2D eigenvalue weighted by atomic mass is 35.5. The van der Waals surface area contributed by atoms with Crippen LogP contribution in [0.5, 0.6) is 0 Å². The Bertz CT molecular complexity index is 1110. The molecule has 2 aromatic heterocycles. The van der Waals surface area contributed by atoms with Crippen LogP contribution in [0.3, 0.4) is 0 Å². The van der Waals surface area contributed by atoms with Crippen LogP contribution >= 0.6 is 23.2 Å². The highest BCUT2D eigenvalue weighted by Crippen LogP contribution is 2.25. The van der Waals surface area contributed by atoms with Crippen LogP contribution in [0, 0.1) is 29.9 Å². The summed E-state index contributed by atoms with van der Waals surface area (Å²) >= 11 is 12.2. The fourth-order valence-corrected chi connectivity index (χ4v) is 3.47. The molecule has 1 amide bonds. The molecule has 0 saturated heterocycles. The van der Waals surface area contributed by atoms with Crippen molar-refractivity contribution in [1.29, 1.82) is 0 Å². The Labute approximate surface area is 182 Å². The fraction of sp³-hybridized carbons (Fsp3) is 0.316. The maximum atomic E-state index is 12.7. The number of halogens is 2. The number of benzene rings is 1. The third-order valence-electron chi connectivity index (χ3n) is 4.70. The molecule has 0 bridgehead atoms. The molecule has 158 valence electrons. The first-order chi connectivity index (χ1) is 14.2. The first-order valence-corrected chi connectivity index (χ1v) is 9.87. The number of aromatic nitrogens is 4. The molecular formula is C19H20Cl2N6O3. The second-order valence-electron chi connectivity index (χ2n) is 7.01. The van der Waals surface area contributed by atoms with Gasteiger partial charge in [-0.15, -0.1) is 0 Å². The largest absolute Gasteiger partial charge is 0.323 e. The molecule has 2 heterocycles. The molecule has 11 heteroatoms. The topological polar surface area (TPSA) is 108 Å². The smallest absolute Gasteiger partial charge is 0.306 e. The number of aryl methyl sites for hydroxylation is 1. The molecule has 1 N–H and O–H groups in total. The van der Waals surface area contributed by atoms with Gasteiger partial charge < -0.3 is 5.32 Å². The lowest BCUT2D eigenvalue weighted by atomic mass is 10.1. The molecule has 0 aliphatic carbocycles. The predicted octanol–water partition coefficient (Wildman–Crippen LogP) is 4.23. The summed E-state index contributed by atoms with van der Waals surface area (Å²) in [4.78, 5) is 22.9. The third kappa shape index (κ3) is 4.80. The molecule has 3 aromatic rings. The fourth-order valence-electron chi connectivity index (χ4n) is 3.00. The maximum absolute atomic E-state index is 12.7. The lowest BCUT2D eigenvalue weighted by molar-refractivity contribution is -0.385. The average molecular weight is 451 g/mol. The predicted molar refractivity (Wildman–Crippen MR) is 114 cm³/mol. The number of nitro groups is 1. The van der Waals surface area contributed by atoms with Gasteiger partial charge >= 0.3 is 5.69 Å². The van der Waals surface area contributed by atoms with Gasteiger partial charge in [-0.2, -0.15) is 10.2 Å². The van der Waals surface area contributed by atoms with E-state index in [9.17, 15) is 14.9 Å². The van der Waals surface area contributed by atoms with Crippen molar-refractivity contribution >= 4 is 40.5 Å². The van der Waals surface area contributed by atoms with Crippen LogP contribution in [0.2, 0.25) is 10.0 Å². The first-order valence-electron chi connectivity index (χ1n) is 9.11. The van der Waals surface area contributed by atoms with E-state index in [0.29, 0.717) is 28.0 Å². The Morgan fingerprint density at radius 1 is 1.33 bits per heavy atom. The number of anilines is 1. The van der Waals surface area contributed by atoms with E-state index in [-0.39, 0.29) is 18.1 Å². The summed E-state index contributed by atoms with van der Waals surface area (Å²) in [6.07, 6.45) is 2.46. The van der Waals surface area contributed by atoms with Gasteiger partial charge in [0, 0.05) is 10.0 Å². The van der Waals surface area contributed by atoms with Gasteiger partial charge in [-0.25, -0.2) is 0 Å². The molecule has 0 radical (unpaired) electrons. The molecule has 0 spiro atoms. The van der Waals surface area contributed by atoms with Crippen molar-refractivity contribution in [2.24, 2.45) is 5.92 Å². The van der Waals surface area contributed by atoms with Crippen LogP contribution in [0.4, 0.5) is 11.4 Å². The van der Waals surface area contributed by atoms with E-state index in [4.69, 9.17) is 23.2 Å². The van der Waals surface area contributed by atoms with Crippen molar-refractivity contribution < 1.29 is 9.72 Å². The molecular weight excluding hydrogens is 431 g/mol. The number of hydrogen-bond acceptors (Lipinski definition) is 5. The SMILES string of the molecule is Cc1nn(Cc2ccc(Cl)cc2Cl)c(C)c1NC(=O)C(C)Cn1cc([N+](=O)[O-])cn1. The summed E-state index contributed by atoms with van der Waals surface area (Å²) in [7, 11) is 0. The van der Waals surface area contributed by atoms with Gasteiger partial charge in [0.1, 0.15) is 12.4 Å². The molecule has 1 unspecified atom stereocenters. The van der Waals surface area contributed by atoms with Gasteiger partial charge in [0.15, 0.2) is 0 Å². The zero-order valence-electron chi connectivity index (χ0n) is 16.6. The molecule has 1 atom stereocenters. The van der Waals surface area contributed by atoms with Crippen molar-refractivity contribution in [2.45, 2.75) is 33.9 Å². The van der Waals surface area contributed by atoms with Gasteiger partial charge in [0.05, 0.1) is 41.0 Å². The van der Waals surface area contributed by atoms with Gasteiger partial charge in [-0.3, -0.25) is 24.3 Å². The number of nitrogens with zero attached hydrogens (tertiary/aromatic N) is 5. The van der Waals surface area contributed by atoms with Gasteiger partial charge in [0.2, 0.25) is 5.91 Å². The lowest BCUT2D eigenvalue weighted by Gasteiger charge is -2.13. The second kappa shape index (κ2) is 8.85. The van der Waals surface area contributed by atoms with Gasteiger partial charge in [0.25, 0.3) is 0 Å². The van der Waals surface area contributed by atoms with Crippen LogP contribution in [0.15, 0.2) is 30.6 Å². The second-order valence-corrected chi connectivity index (χ2v) is 7.85. The molecule has 0 aliphatic heterocycles. The van der Waals surface area contributed by atoms with E-state index in [0.717, 1.165) is 17.5 Å². The zero-order valence-corrected chi connectivity index (χ0v) is 18.1. The van der Waals surface area contributed by atoms with Crippen molar-refractivity contribution in [1.82, 2.24) is 19.6 Å². The molecule has 1 aromatic carbocycles. The zero-order chi connectivity index (χ0) is 22.0. The lowest BCUT2D eigenvalue weighted by Crippen LogP contribution is -2.25. The summed E-state index contributed by atoms with van der Waals surface area (Å²) in [5.41, 5.74) is 2.83. The van der Waals surface area contributed by atoms with Crippen molar-refractivity contribution in [2.75, 3.05) is 5.32 Å². The quantitative estimate of drug-likeness (QED) is 0.427. The average Bonchev–Trinajstić information content (AvgIpc) is 3.24. The molecule has 0 saturated carbocycles. The number of nitrogens with one attached hydrogen (secondary N) is 1. The van der Waals surface area contributed by atoms with Crippen molar-refractivity contribution in [3.8, 4) is 0 Å². The van der Waals surface area contributed by atoms with Crippen LogP contribution in [-0.2, 0) is 17.9 Å². The standard InChI is InChI=1S/C19H20Cl2N6O3/c1-11(8-25-10-16(7-22-25)27(29)30)19(28)23-18-12(2)24-26(13(18)3)9-14-4-5-15(20)6-17(14)21/h4-7,10-11H,8-9H2,1-3H3,(H,23,28). The van der Waals surface area contributed by atoms with Crippen molar-refractivity contribution in [3.63, 3.8) is 0 Å². The summed E-state index contributed by atoms with van der Waals surface area (Å²) in [5, 5.41) is 23.2. The monoisotopic (exact) mass is 450 g/mol. The van der Waals surface area contributed by atoms with Crippen LogP contribution < -0.4 is 5.32 Å². The van der Waals surface area contributed by atoms with E-state index in [1.807, 2.05) is 19.9 Å². The highest BCUT2D eigenvalue weighted by molar-refractivity contribution is 6.35. The Kier molecular flexibility index (Phi) is 6.42. The van der Waals surface area contributed by atoms with E-state index < -0.39 is 10.8 Å². The van der Waals surface area contributed by atoms with E-state index in [2.05, 4.69) is 15.5 Å². The molecule has 30 heavy (non-hydrogen) atoms. The molecule has 0 aliphatic rings. The Morgan fingerprint density at radius 3 is 2.70 bits per heavy atom. The number of hydrogen-bond donors (Lipinski definition) is 1. The molecule has 0 fully saturated rings. The minimum atomic E-state index is -0.526. The van der Waals surface area contributed by atoms with E-state index >= 15 is 0 Å². The minimum absolute atomic E-state index is 0.114. The molecule has 9 nitrogen and oxygen atoms in total. The van der Waals surface area contributed by atoms with Gasteiger partial charge in [-0.05, 0) is 31.5 Å². The summed E-state index contributed by atoms with van der Waals surface area (Å²) in [6.45, 7) is 6.05. The third-order valence-corrected chi connectivity index (χ3v) is 5.29. The van der Waals surface area contributed by atoms with Crippen molar-refractivity contribution in [3.05, 3.63) is 67.7 Å². The minimum Gasteiger partial charge on any atom is -0.323 e. The normalized spacial score (nSPS) is 12.0. The first kappa shape index (κ1) is 21.8. The van der Waals surface area contributed by atoms with E-state index in [1.165, 1.54) is 10.9 Å². The Balaban J connectivity index is 1.71. The van der Waals surface area contributed by atoms with Crippen LogP contribution in [-0.4, -0.2) is 30.4 Å². The number of carbonyl (C=O) groups is 1. The molecule has 3 rings (SSSR count). The Morgan fingerprint density at radius 2 is 2.07 bits per heavy atom. The van der Waals surface area contributed by atoms with E-state index in [1.54, 1.807) is 23.7 Å². The van der Waals surface area contributed by atoms with Gasteiger partial charge in [-0.1, -0.05) is 36.2 Å².